The lowest BCUT2D eigenvalue weighted by atomic mass is 9.94. The van der Waals surface area contributed by atoms with E-state index in [1.807, 2.05) is 7.05 Å². The second-order valence-corrected chi connectivity index (χ2v) is 5.02. The van der Waals surface area contributed by atoms with E-state index in [4.69, 9.17) is 0 Å². The van der Waals surface area contributed by atoms with Crippen LogP contribution in [-0.2, 0) is 0 Å². The molecule has 0 spiro atoms. The molecule has 2 N–H and O–H groups in total. The average Bonchev–Trinajstić information content (AvgIpc) is 2.41. The van der Waals surface area contributed by atoms with Crippen molar-refractivity contribution in [1.29, 1.82) is 0 Å². The highest BCUT2D eigenvalue weighted by molar-refractivity contribution is 5.89. The highest BCUT2D eigenvalue weighted by Crippen LogP contribution is 2.18. The van der Waals surface area contributed by atoms with Gasteiger partial charge in [-0.25, -0.2) is 9.18 Å². The lowest BCUT2D eigenvalue weighted by molar-refractivity contribution is 0.163. The number of carbonyl (C=O) groups is 1. The number of para-hydroxylation sites is 1. The Balaban J connectivity index is 1.96. The molecular formula is C14H20FN3O. The van der Waals surface area contributed by atoms with Gasteiger partial charge in [0.1, 0.15) is 5.82 Å². The highest BCUT2D eigenvalue weighted by atomic mass is 19.1. The molecule has 0 bridgehead atoms. The van der Waals surface area contributed by atoms with E-state index in [9.17, 15) is 9.18 Å². The number of amides is 2. The molecule has 1 saturated heterocycles. The molecule has 0 radical (unpaired) electrons. The molecule has 1 fully saturated rings. The van der Waals surface area contributed by atoms with Crippen molar-refractivity contribution < 1.29 is 9.18 Å². The number of piperidine rings is 1. The molecule has 1 aliphatic rings. The Morgan fingerprint density at radius 1 is 1.42 bits per heavy atom. The van der Waals surface area contributed by atoms with Gasteiger partial charge in [0.05, 0.1) is 5.69 Å². The Kier molecular flexibility index (Phi) is 4.37. The van der Waals surface area contributed by atoms with Crippen molar-refractivity contribution in [1.82, 2.24) is 10.2 Å². The van der Waals surface area contributed by atoms with Gasteiger partial charge in [0, 0.05) is 19.1 Å². The summed E-state index contributed by atoms with van der Waals surface area (Å²) < 4.78 is 13.5. The first-order valence-electron chi connectivity index (χ1n) is 6.59. The number of rotatable bonds is 2. The fraction of sp³-hybridized carbons (Fsp3) is 0.500. The first-order valence-corrected chi connectivity index (χ1v) is 6.59. The third-order valence-electron chi connectivity index (χ3n) is 3.68. The fourth-order valence-corrected chi connectivity index (χ4v) is 2.52. The Morgan fingerprint density at radius 3 is 2.79 bits per heavy atom. The zero-order valence-corrected chi connectivity index (χ0v) is 11.3. The number of nitrogens with zero attached hydrogens (tertiary/aromatic N) is 1. The molecule has 0 aliphatic carbocycles. The number of carbonyl (C=O) groups excluding carboxylic acids is 1. The van der Waals surface area contributed by atoms with E-state index in [0.717, 1.165) is 6.42 Å². The zero-order valence-electron chi connectivity index (χ0n) is 11.3. The van der Waals surface area contributed by atoms with Crippen LogP contribution >= 0.6 is 0 Å². The van der Waals surface area contributed by atoms with E-state index in [0.29, 0.717) is 25.0 Å². The molecule has 4 nitrogen and oxygen atoms in total. The van der Waals surface area contributed by atoms with E-state index < -0.39 is 5.82 Å². The molecule has 1 heterocycles. The van der Waals surface area contributed by atoms with E-state index in [1.165, 1.54) is 6.07 Å². The second-order valence-electron chi connectivity index (χ2n) is 5.02. The number of urea groups is 1. The third kappa shape index (κ3) is 3.23. The van der Waals surface area contributed by atoms with Gasteiger partial charge in [0.15, 0.2) is 0 Å². The maximum absolute atomic E-state index is 13.5. The molecule has 2 amide bonds. The van der Waals surface area contributed by atoms with Crippen LogP contribution in [0.5, 0.6) is 0 Å². The minimum Gasteiger partial charge on any atom is -0.324 e. The number of halogens is 1. The summed E-state index contributed by atoms with van der Waals surface area (Å²) in [6.07, 6.45) is 0.919. The van der Waals surface area contributed by atoms with Gasteiger partial charge in [-0.3, -0.25) is 0 Å². The summed E-state index contributed by atoms with van der Waals surface area (Å²) in [5, 5.41) is 5.88. The molecule has 1 aliphatic heterocycles. The predicted octanol–water partition coefficient (Wildman–Crippen LogP) is 2.29. The first-order chi connectivity index (χ1) is 9.11. The molecular weight excluding hydrogens is 245 g/mol. The van der Waals surface area contributed by atoms with Gasteiger partial charge < -0.3 is 15.5 Å². The van der Waals surface area contributed by atoms with Crippen LogP contribution in [0.15, 0.2) is 24.3 Å². The van der Waals surface area contributed by atoms with Gasteiger partial charge >= 0.3 is 6.03 Å². The van der Waals surface area contributed by atoms with E-state index >= 15 is 0 Å². The van der Waals surface area contributed by atoms with Crippen molar-refractivity contribution >= 4 is 11.7 Å². The molecule has 2 unspecified atom stereocenters. The summed E-state index contributed by atoms with van der Waals surface area (Å²) in [4.78, 5) is 13.8. The Morgan fingerprint density at radius 2 is 2.16 bits per heavy atom. The maximum atomic E-state index is 13.5. The molecule has 0 saturated carbocycles. The van der Waals surface area contributed by atoms with Crippen LogP contribution in [0.3, 0.4) is 0 Å². The smallest absolute Gasteiger partial charge is 0.321 e. The number of hydrogen-bond acceptors (Lipinski definition) is 2. The Bertz CT molecular complexity index is 452. The molecule has 2 rings (SSSR count). The van der Waals surface area contributed by atoms with Gasteiger partial charge in [-0.2, -0.15) is 0 Å². The van der Waals surface area contributed by atoms with E-state index in [-0.39, 0.29) is 11.7 Å². The fourth-order valence-electron chi connectivity index (χ4n) is 2.52. The summed E-state index contributed by atoms with van der Waals surface area (Å²) in [7, 11) is 1.94. The highest BCUT2D eigenvalue weighted by Gasteiger charge is 2.27. The van der Waals surface area contributed by atoms with Crippen LogP contribution < -0.4 is 10.6 Å². The van der Waals surface area contributed by atoms with Crippen molar-refractivity contribution in [2.24, 2.45) is 5.92 Å². The van der Waals surface area contributed by atoms with Crippen LogP contribution in [0.4, 0.5) is 14.9 Å². The number of anilines is 1. The molecule has 2 atom stereocenters. The molecule has 0 aromatic heterocycles. The summed E-state index contributed by atoms with van der Waals surface area (Å²) >= 11 is 0. The predicted molar refractivity (Wildman–Crippen MR) is 73.6 cm³/mol. The Labute approximate surface area is 113 Å². The van der Waals surface area contributed by atoms with Crippen LogP contribution in [0.1, 0.15) is 13.3 Å². The van der Waals surface area contributed by atoms with Crippen LogP contribution in [0, 0.1) is 11.7 Å². The van der Waals surface area contributed by atoms with Crippen LogP contribution in [0.25, 0.3) is 0 Å². The summed E-state index contributed by atoms with van der Waals surface area (Å²) in [6, 6.07) is 6.42. The van der Waals surface area contributed by atoms with Crippen molar-refractivity contribution in [3.63, 3.8) is 0 Å². The van der Waals surface area contributed by atoms with Crippen molar-refractivity contribution in [2.45, 2.75) is 19.4 Å². The number of hydrogen-bond donors (Lipinski definition) is 2. The van der Waals surface area contributed by atoms with Gasteiger partial charge in [-0.05, 0) is 31.5 Å². The minimum atomic E-state index is -0.408. The van der Waals surface area contributed by atoms with Gasteiger partial charge in [0.2, 0.25) is 0 Å². The van der Waals surface area contributed by atoms with E-state index in [1.54, 1.807) is 23.1 Å². The molecule has 19 heavy (non-hydrogen) atoms. The summed E-state index contributed by atoms with van der Waals surface area (Å²) in [6.45, 7) is 3.49. The average molecular weight is 265 g/mol. The van der Waals surface area contributed by atoms with Crippen molar-refractivity contribution in [3.05, 3.63) is 30.1 Å². The monoisotopic (exact) mass is 265 g/mol. The largest absolute Gasteiger partial charge is 0.324 e. The summed E-state index contributed by atoms with van der Waals surface area (Å²) in [5.41, 5.74) is 0.232. The SMILES string of the molecule is CNC1CCN(C(=O)Nc2ccccc2F)CC1C. The van der Waals surface area contributed by atoms with Crippen molar-refractivity contribution in [3.8, 4) is 0 Å². The number of likely N-dealkylation sites (tertiary alicyclic amines) is 1. The topological polar surface area (TPSA) is 44.4 Å². The molecule has 1 aromatic carbocycles. The van der Waals surface area contributed by atoms with Crippen LogP contribution in [-0.4, -0.2) is 37.1 Å². The first kappa shape index (κ1) is 13.8. The summed E-state index contributed by atoms with van der Waals surface area (Å²) in [5.74, 6) is -0.0147. The third-order valence-corrected chi connectivity index (χ3v) is 3.68. The maximum Gasteiger partial charge on any atom is 0.321 e. The number of nitrogens with one attached hydrogen (secondary N) is 2. The van der Waals surface area contributed by atoms with Crippen LogP contribution in [0.2, 0.25) is 0 Å². The number of benzene rings is 1. The normalized spacial score (nSPS) is 23.2. The lowest BCUT2D eigenvalue weighted by Gasteiger charge is -2.36. The minimum absolute atomic E-state index is 0.230. The lowest BCUT2D eigenvalue weighted by Crippen LogP contribution is -2.50. The van der Waals surface area contributed by atoms with Crippen molar-refractivity contribution in [2.75, 3.05) is 25.5 Å². The Hall–Kier alpha value is -1.62. The van der Waals surface area contributed by atoms with Gasteiger partial charge in [-0.1, -0.05) is 19.1 Å². The standard InChI is InChI=1S/C14H20FN3O/c1-10-9-18(8-7-12(10)16-2)14(19)17-13-6-4-3-5-11(13)15/h3-6,10,12,16H,7-9H2,1-2H3,(H,17,19). The second kappa shape index (κ2) is 6.02. The molecule has 104 valence electrons. The molecule has 5 heteroatoms. The van der Waals surface area contributed by atoms with Gasteiger partial charge in [-0.15, -0.1) is 0 Å². The zero-order chi connectivity index (χ0) is 13.8. The van der Waals surface area contributed by atoms with Gasteiger partial charge in [0.25, 0.3) is 0 Å². The quantitative estimate of drug-likeness (QED) is 0.861. The molecule has 1 aromatic rings. The van der Waals surface area contributed by atoms with E-state index in [2.05, 4.69) is 17.6 Å².